The summed E-state index contributed by atoms with van der Waals surface area (Å²) in [6.45, 7) is 1.83. The van der Waals surface area contributed by atoms with Gasteiger partial charge in [-0.2, -0.15) is 0 Å². The van der Waals surface area contributed by atoms with E-state index in [0.717, 1.165) is 15.0 Å². The van der Waals surface area contributed by atoms with Gasteiger partial charge in [-0.1, -0.05) is 53.8 Å². The first-order valence-corrected chi connectivity index (χ1v) is 8.81. The quantitative estimate of drug-likeness (QED) is 0.686. The lowest BCUT2D eigenvalue weighted by Crippen LogP contribution is -2.25. The molecule has 5 nitrogen and oxygen atoms in total. The lowest BCUT2D eigenvalue weighted by molar-refractivity contribution is -0.123. The minimum Gasteiger partial charge on any atom is -0.475 e. The van der Waals surface area contributed by atoms with Gasteiger partial charge in [0.1, 0.15) is 10.8 Å². The maximum Gasteiger partial charge on any atom is 0.272 e. The average Bonchev–Trinajstić information content (AvgIpc) is 2.99. The highest BCUT2D eigenvalue weighted by Crippen LogP contribution is 2.30. The van der Waals surface area contributed by atoms with E-state index < -0.39 is 6.10 Å². The Hall–Kier alpha value is -2.25. The van der Waals surface area contributed by atoms with E-state index in [1.807, 2.05) is 61.5 Å². The summed E-state index contributed by atoms with van der Waals surface area (Å²) < 4.78 is 6.75. The van der Waals surface area contributed by atoms with Crippen molar-refractivity contribution in [2.24, 2.45) is 0 Å². The number of hydrogen-bond acceptors (Lipinski definition) is 5. The first kappa shape index (κ1) is 16.6. The van der Waals surface area contributed by atoms with E-state index in [1.54, 1.807) is 0 Å². The van der Waals surface area contributed by atoms with Crippen LogP contribution in [0, 0.1) is 6.92 Å². The number of hydrogen-bond donors (Lipinski definition) is 1. The average molecular weight is 404 g/mol. The van der Waals surface area contributed by atoms with Crippen LogP contribution in [0.5, 0.6) is 5.75 Å². The molecular formula is C17H14BrN3O2S. The van der Waals surface area contributed by atoms with Crippen LogP contribution in [0.4, 0.5) is 5.13 Å². The fourth-order valence-electron chi connectivity index (χ4n) is 2.09. The Labute approximate surface area is 151 Å². The number of rotatable bonds is 5. The molecule has 1 N–H and O–H groups in total. The van der Waals surface area contributed by atoms with Crippen LogP contribution in [0.3, 0.4) is 0 Å². The van der Waals surface area contributed by atoms with Crippen LogP contribution in [0.2, 0.25) is 0 Å². The van der Waals surface area contributed by atoms with Crippen molar-refractivity contribution in [3.05, 3.63) is 69.6 Å². The maximum absolute atomic E-state index is 12.7. The summed E-state index contributed by atoms with van der Waals surface area (Å²) in [6.07, 6.45) is -0.797. The molecule has 1 aromatic heterocycles. The second-order valence-electron chi connectivity index (χ2n) is 4.95. The van der Waals surface area contributed by atoms with Crippen LogP contribution in [0.1, 0.15) is 16.7 Å². The number of nitrogens with zero attached hydrogens (tertiary/aromatic N) is 2. The molecule has 0 unspecified atom stereocenters. The highest BCUT2D eigenvalue weighted by Gasteiger charge is 2.24. The fraction of sp³-hybridized carbons (Fsp3) is 0.118. The molecule has 3 rings (SSSR count). The molecule has 1 heterocycles. The van der Waals surface area contributed by atoms with E-state index in [2.05, 4.69) is 31.4 Å². The van der Waals surface area contributed by atoms with Crippen LogP contribution in [0.15, 0.2) is 59.1 Å². The third-order valence-electron chi connectivity index (χ3n) is 3.18. The summed E-state index contributed by atoms with van der Waals surface area (Å²) >= 11 is 4.76. The molecule has 122 valence electrons. The molecule has 0 aliphatic carbocycles. The molecule has 0 radical (unpaired) electrons. The number of amides is 1. The summed E-state index contributed by atoms with van der Waals surface area (Å²) in [5.74, 6) is 0.294. The SMILES string of the molecule is Cc1nnc(NC(=O)[C@@H](Oc2ccccc2Br)c2ccccc2)s1. The van der Waals surface area contributed by atoms with E-state index in [0.29, 0.717) is 10.9 Å². The number of carbonyl (C=O) groups is 1. The Balaban J connectivity index is 1.87. The van der Waals surface area contributed by atoms with Gasteiger partial charge in [0.2, 0.25) is 11.2 Å². The molecular weight excluding hydrogens is 390 g/mol. The molecule has 1 atom stereocenters. The van der Waals surface area contributed by atoms with Crippen molar-refractivity contribution < 1.29 is 9.53 Å². The molecule has 3 aromatic rings. The predicted molar refractivity (Wildman–Crippen MR) is 97.2 cm³/mol. The summed E-state index contributed by atoms with van der Waals surface area (Å²) in [7, 11) is 0. The van der Waals surface area contributed by atoms with Crippen LogP contribution < -0.4 is 10.1 Å². The number of ether oxygens (including phenoxy) is 1. The Morgan fingerprint density at radius 3 is 2.50 bits per heavy atom. The molecule has 0 aliphatic heterocycles. The van der Waals surface area contributed by atoms with Gasteiger partial charge in [0.15, 0.2) is 0 Å². The lowest BCUT2D eigenvalue weighted by Gasteiger charge is -2.19. The van der Waals surface area contributed by atoms with E-state index in [4.69, 9.17) is 4.74 Å². The van der Waals surface area contributed by atoms with E-state index >= 15 is 0 Å². The minimum absolute atomic E-state index is 0.298. The molecule has 0 saturated carbocycles. The molecule has 0 aliphatic rings. The summed E-state index contributed by atoms with van der Waals surface area (Å²) in [6, 6.07) is 16.8. The maximum atomic E-state index is 12.7. The van der Waals surface area contributed by atoms with Gasteiger partial charge in [-0.05, 0) is 35.0 Å². The third-order valence-corrected chi connectivity index (χ3v) is 4.59. The number of para-hydroxylation sites is 1. The molecule has 7 heteroatoms. The number of carbonyl (C=O) groups excluding carboxylic acids is 1. The van der Waals surface area contributed by atoms with Crippen molar-refractivity contribution in [2.75, 3.05) is 5.32 Å². The van der Waals surface area contributed by atoms with E-state index in [1.165, 1.54) is 11.3 Å². The van der Waals surface area contributed by atoms with Crippen molar-refractivity contribution in [3.63, 3.8) is 0 Å². The fourth-order valence-corrected chi connectivity index (χ4v) is 3.06. The van der Waals surface area contributed by atoms with Gasteiger partial charge in [-0.25, -0.2) is 0 Å². The van der Waals surface area contributed by atoms with Crippen LogP contribution in [-0.2, 0) is 4.79 Å². The molecule has 1 amide bonds. The van der Waals surface area contributed by atoms with Crippen LogP contribution in [0.25, 0.3) is 0 Å². The molecule has 2 aromatic carbocycles. The number of benzene rings is 2. The largest absolute Gasteiger partial charge is 0.475 e. The summed E-state index contributed by atoms with van der Waals surface area (Å²) in [4.78, 5) is 12.7. The van der Waals surface area contributed by atoms with Crippen molar-refractivity contribution >= 4 is 38.3 Å². The number of aromatic nitrogens is 2. The van der Waals surface area contributed by atoms with E-state index in [9.17, 15) is 4.79 Å². The Bertz CT molecular complexity index is 839. The van der Waals surface area contributed by atoms with Gasteiger partial charge in [0.05, 0.1) is 4.47 Å². The first-order chi connectivity index (χ1) is 11.6. The number of halogens is 1. The highest BCUT2D eigenvalue weighted by atomic mass is 79.9. The van der Waals surface area contributed by atoms with Gasteiger partial charge in [-0.15, -0.1) is 10.2 Å². The molecule has 0 spiro atoms. The summed E-state index contributed by atoms with van der Waals surface area (Å²) in [5, 5.41) is 11.8. The number of aryl methyl sites for hydroxylation is 1. The molecule has 0 bridgehead atoms. The Morgan fingerprint density at radius 1 is 1.12 bits per heavy atom. The van der Waals surface area contributed by atoms with Gasteiger partial charge in [-0.3, -0.25) is 10.1 Å². The summed E-state index contributed by atoms with van der Waals surface area (Å²) in [5.41, 5.74) is 0.756. The normalized spacial score (nSPS) is 11.8. The topological polar surface area (TPSA) is 64.1 Å². The lowest BCUT2D eigenvalue weighted by atomic mass is 10.1. The van der Waals surface area contributed by atoms with Gasteiger partial charge in [0.25, 0.3) is 5.91 Å². The monoisotopic (exact) mass is 403 g/mol. The zero-order valence-corrected chi connectivity index (χ0v) is 15.2. The van der Waals surface area contributed by atoms with Crippen molar-refractivity contribution in [3.8, 4) is 5.75 Å². The van der Waals surface area contributed by atoms with Crippen LogP contribution in [-0.4, -0.2) is 16.1 Å². The standard InChI is InChI=1S/C17H14BrN3O2S/c1-11-20-21-17(24-11)19-16(22)15(12-7-3-2-4-8-12)23-14-10-6-5-9-13(14)18/h2-10,15H,1H3,(H,19,21,22)/t15-/m0/s1. The predicted octanol–water partition coefficient (Wildman–Crippen LogP) is 4.37. The zero-order chi connectivity index (χ0) is 16.9. The zero-order valence-electron chi connectivity index (χ0n) is 12.8. The first-order valence-electron chi connectivity index (χ1n) is 7.20. The number of anilines is 1. The van der Waals surface area contributed by atoms with Gasteiger partial charge < -0.3 is 4.74 Å². The van der Waals surface area contributed by atoms with Gasteiger partial charge in [0, 0.05) is 5.56 Å². The Kier molecular flexibility index (Phi) is 5.22. The van der Waals surface area contributed by atoms with E-state index in [-0.39, 0.29) is 5.91 Å². The highest BCUT2D eigenvalue weighted by molar-refractivity contribution is 9.10. The molecule has 24 heavy (non-hydrogen) atoms. The van der Waals surface area contributed by atoms with Crippen molar-refractivity contribution in [2.45, 2.75) is 13.0 Å². The molecule has 0 fully saturated rings. The Morgan fingerprint density at radius 2 is 1.83 bits per heavy atom. The smallest absolute Gasteiger partial charge is 0.272 e. The number of nitrogens with one attached hydrogen (secondary N) is 1. The third kappa shape index (κ3) is 3.98. The molecule has 0 saturated heterocycles. The van der Waals surface area contributed by atoms with Gasteiger partial charge >= 0.3 is 0 Å². The second-order valence-corrected chi connectivity index (χ2v) is 6.99. The van der Waals surface area contributed by atoms with Crippen LogP contribution >= 0.6 is 27.3 Å². The van der Waals surface area contributed by atoms with Crippen molar-refractivity contribution in [1.29, 1.82) is 0 Å². The van der Waals surface area contributed by atoms with Crippen molar-refractivity contribution in [1.82, 2.24) is 10.2 Å². The second kappa shape index (κ2) is 7.55. The minimum atomic E-state index is -0.797.